The van der Waals surface area contributed by atoms with Gasteiger partial charge in [0.2, 0.25) is 0 Å². The molecular weight excluding hydrogens is 316 g/mol. The number of carbonyl (C=O) groups is 1. The number of nitrogens with zero attached hydrogens (tertiary/aromatic N) is 1. The molecule has 2 N–H and O–H groups in total. The number of amides is 1. The lowest BCUT2D eigenvalue weighted by molar-refractivity contribution is -0.129. The highest BCUT2D eigenvalue weighted by molar-refractivity contribution is 6.08. The normalized spacial score (nSPS) is 20.0. The lowest BCUT2D eigenvalue weighted by Gasteiger charge is -2.22. The largest absolute Gasteiger partial charge is 0.372 e. The van der Waals surface area contributed by atoms with E-state index in [1.165, 1.54) is 0 Å². The molecule has 0 fully saturated rings. The van der Waals surface area contributed by atoms with Crippen molar-refractivity contribution in [1.82, 2.24) is 5.16 Å². The van der Waals surface area contributed by atoms with Gasteiger partial charge in [0.1, 0.15) is 5.76 Å². The van der Waals surface area contributed by atoms with Gasteiger partial charge >= 0.3 is 0 Å². The molecule has 5 nitrogen and oxygen atoms in total. The van der Waals surface area contributed by atoms with Crippen molar-refractivity contribution >= 4 is 11.6 Å². The van der Waals surface area contributed by atoms with Crippen LogP contribution in [0.3, 0.4) is 0 Å². The fourth-order valence-corrected chi connectivity index (χ4v) is 3.22. The van der Waals surface area contributed by atoms with Crippen molar-refractivity contribution < 1.29 is 14.4 Å². The second-order valence-corrected chi connectivity index (χ2v) is 5.96. The maximum atomic E-state index is 12.6. The molecule has 0 spiro atoms. The molecule has 0 saturated carbocycles. The van der Waals surface area contributed by atoms with Crippen molar-refractivity contribution in [1.29, 1.82) is 0 Å². The van der Waals surface area contributed by atoms with Crippen molar-refractivity contribution in [3.63, 3.8) is 0 Å². The molecule has 2 heterocycles. The second kappa shape index (κ2) is 6.18. The van der Waals surface area contributed by atoms with Crippen molar-refractivity contribution in [2.45, 2.75) is 26.4 Å². The van der Waals surface area contributed by atoms with Crippen LogP contribution in [0.5, 0.6) is 0 Å². The summed E-state index contributed by atoms with van der Waals surface area (Å²) < 4.78 is 5.24. The number of fused-ring (bicyclic) bond motifs is 1. The molecule has 1 amide bonds. The maximum Gasteiger partial charge on any atom is 0.265 e. The highest BCUT2D eigenvalue weighted by Gasteiger charge is 2.47. The molecule has 3 rings (SSSR count). The molecule has 0 radical (unpaired) electrons. The van der Waals surface area contributed by atoms with Gasteiger partial charge in [0.25, 0.3) is 5.91 Å². The Morgan fingerprint density at radius 1 is 1.40 bits per heavy atom. The number of hydrogen-bond acceptors (Lipinski definition) is 4. The minimum Gasteiger partial charge on any atom is -0.372 e. The summed E-state index contributed by atoms with van der Waals surface area (Å²) >= 11 is 0. The average Bonchev–Trinajstić information content (AvgIpc) is 3.06. The number of carbonyl (C=O) groups excluding carboxylic acids is 1. The third-order valence-electron chi connectivity index (χ3n) is 4.45. The Morgan fingerprint density at radius 2 is 2.16 bits per heavy atom. The first-order valence-corrected chi connectivity index (χ1v) is 8.01. The van der Waals surface area contributed by atoms with Crippen LogP contribution in [0.4, 0.5) is 5.69 Å². The van der Waals surface area contributed by atoms with Gasteiger partial charge in [-0.2, -0.15) is 0 Å². The lowest BCUT2D eigenvalue weighted by atomic mass is 9.85. The molecule has 0 aliphatic carbocycles. The van der Waals surface area contributed by atoms with E-state index in [0.29, 0.717) is 22.6 Å². The molecule has 1 aromatic carbocycles. The van der Waals surface area contributed by atoms with E-state index in [-0.39, 0.29) is 0 Å². The van der Waals surface area contributed by atoms with Crippen LogP contribution in [-0.4, -0.2) is 16.2 Å². The number of benzene rings is 1. The number of anilines is 1. The van der Waals surface area contributed by atoms with Crippen molar-refractivity contribution in [3.05, 3.63) is 71.7 Å². The first-order chi connectivity index (χ1) is 11.9. The van der Waals surface area contributed by atoms with Gasteiger partial charge in [-0.05, 0) is 44.0 Å². The Bertz CT molecular complexity index is 902. The Hall–Kier alpha value is -2.92. The van der Waals surface area contributed by atoms with Gasteiger partial charge in [0.15, 0.2) is 5.60 Å². The average molecular weight is 336 g/mol. The van der Waals surface area contributed by atoms with Crippen LogP contribution in [0, 0.1) is 13.8 Å². The van der Waals surface area contributed by atoms with Gasteiger partial charge in [0, 0.05) is 16.8 Å². The first kappa shape index (κ1) is 16.9. The van der Waals surface area contributed by atoms with Crippen molar-refractivity contribution in [2.24, 2.45) is 0 Å². The van der Waals surface area contributed by atoms with Gasteiger partial charge in [-0.15, -0.1) is 0 Å². The monoisotopic (exact) mass is 336 g/mol. The number of hydrogen-bond donors (Lipinski definition) is 2. The van der Waals surface area contributed by atoms with E-state index in [1.54, 1.807) is 37.3 Å². The smallest absolute Gasteiger partial charge is 0.265 e. The van der Waals surface area contributed by atoms with E-state index in [4.69, 9.17) is 4.52 Å². The number of rotatable bonds is 4. The van der Waals surface area contributed by atoms with Gasteiger partial charge in [-0.25, -0.2) is 0 Å². The summed E-state index contributed by atoms with van der Waals surface area (Å²) in [6.45, 7) is 9.11. The molecule has 25 heavy (non-hydrogen) atoms. The molecule has 1 unspecified atom stereocenters. The standard InChI is InChI=1S/C20H20N2O3/c1-5-7-8-15(6-2)20(24)16-11-14(9-10-17(16)21-19(20)23)18-12(3)22-25-13(18)4/h5-11,24H,1H2,2-4H3,(H,21,23)/b8-7-,15-6+. The first-order valence-electron chi connectivity index (χ1n) is 8.01. The number of allylic oxidation sites excluding steroid dienone is 3. The number of aromatic nitrogens is 1. The van der Waals surface area contributed by atoms with Crippen LogP contribution in [0.2, 0.25) is 0 Å². The fourth-order valence-electron chi connectivity index (χ4n) is 3.22. The summed E-state index contributed by atoms with van der Waals surface area (Å²) in [4.78, 5) is 12.6. The highest BCUT2D eigenvalue weighted by Crippen LogP contribution is 2.43. The predicted octanol–water partition coefficient (Wildman–Crippen LogP) is 3.79. The molecule has 2 aromatic rings. The van der Waals surface area contributed by atoms with Crippen LogP contribution >= 0.6 is 0 Å². The topological polar surface area (TPSA) is 75.4 Å². The van der Waals surface area contributed by atoms with E-state index in [0.717, 1.165) is 16.8 Å². The molecule has 0 saturated heterocycles. The molecule has 1 aliphatic rings. The number of aliphatic hydroxyl groups is 1. The SMILES string of the molecule is C=C/C=C\C(=C/C)C1(O)C(=O)Nc2ccc(-c3c(C)noc3C)cc21. The third kappa shape index (κ3) is 2.53. The van der Waals surface area contributed by atoms with Crippen molar-refractivity contribution in [3.8, 4) is 11.1 Å². The molecule has 1 aromatic heterocycles. The zero-order valence-corrected chi connectivity index (χ0v) is 14.5. The van der Waals surface area contributed by atoms with Gasteiger partial charge in [-0.3, -0.25) is 4.79 Å². The third-order valence-corrected chi connectivity index (χ3v) is 4.45. The van der Waals surface area contributed by atoms with E-state index < -0.39 is 11.5 Å². The summed E-state index contributed by atoms with van der Waals surface area (Å²) in [5.41, 5.74) is 2.31. The minimum absolute atomic E-state index is 0.472. The van der Waals surface area contributed by atoms with E-state index >= 15 is 0 Å². The second-order valence-electron chi connectivity index (χ2n) is 5.96. The Kier molecular flexibility index (Phi) is 4.18. The fraction of sp³-hybridized carbons (Fsp3) is 0.200. The number of nitrogens with one attached hydrogen (secondary N) is 1. The van der Waals surface area contributed by atoms with E-state index in [2.05, 4.69) is 17.1 Å². The summed E-state index contributed by atoms with van der Waals surface area (Å²) in [7, 11) is 0. The predicted molar refractivity (Wildman–Crippen MR) is 97.0 cm³/mol. The Balaban J connectivity index is 2.19. The zero-order chi connectivity index (χ0) is 18.2. The summed E-state index contributed by atoms with van der Waals surface area (Å²) in [5, 5.41) is 18.0. The van der Waals surface area contributed by atoms with Crippen LogP contribution in [0.15, 0.2) is 59.2 Å². The van der Waals surface area contributed by atoms with Gasteiger partial charge in [-0.1, -0.05) is 42.1 Å². The molecule has 128 valence electrons. The van der Waals surface area contributed by atoms with Crippen molar-refractivity contribution in [2.75, 3.05) is 5.32 Å². The van der Waals surface area contributed by atoms with Gasteiger partial charge < -0.3 is 14.9 Å². The van der Waals surface area contributed by atoms with Crippen LogP contribution < -0.4 is 5.32 Å². The quantitative estimate of drug-likeness (QED) is 0.833. The summed E-state index contributed by atoms with van der Waals surface area (Å²) in [5.74, 6) is 0.219. The molecular formula is C20H20N2O3. The van der Waals surface area contributed by atoms with Crippen LogP contribution in [-0.2, 0) is 10.4 Å². The number of aryl methyl sites for hydroxylation is 2. The van der Waals surface area contributed by atoms with E-state index in [9.17, 15) is 9.90 Å². The molecule has 1 atom stereocenters. The minimum atomic E-state index is -1.75. The zero-order valence-electron chi connectivity index (χ0n) is 14.5. The molecule has 1 aliphatic heterocycles. The molecule has 0 bridgehead atoms. The highest BCUT2D eigenvalue weighted by atomic mass is 16.5. The molecule has 5 heteroatoms. The van der Waals surface area contributed by atoms with E-state index in [1.807, 2.05) is 26.0 Å². The van der Waals surface area contributed by atoms with Crippen LogP contribution in [0.1, 0.15) is 23.9 Å². The van der Waals surface area contributed by atoms with Crippen LogP contribution in [0.25, 0.3) is 11.1 Å². The Morgan fingerprint density at radius 3 is 2.76 bits per heavy atom. The lowest BCUT2D eigenvalue weighted by Crippen LogP contribution is -2.35. The summed E-state index contributed by atoms with van der Waals surface area (Å²) in [6, 6.07) is 5.48. The van der Waals surface area contributed by atoms with Gasteiger partial charge in [0.05, 0.1) is 5.69 Å². The Labute approximate surface area is 146 Å². The maximum absolute atomic E-state index is 12.6. The summed E-state index contributed by atoms with van der Waals surface area (Å²) in [6.07, 6.45) is 6.69.